The zero-order valence-electron chi connectivity index (χ0n) is 13.0. The van der Waals surface area contributed by atoms with Gasteiger partial charge in [-0.05, 0) is 69.6 Å². The van der Waals surface area contributed by atoms with Gasteiger partial charge in [0.1, 0.15) is 0 Å². The minimum absolute atomic E-state index is 0.164. The Labute approximate surface area is 121 Å². The van der Waals surface area contributed by atoms with Crippen molar-refractivity contribution in [3.63, 3.8) is 0 Å². The van der Waals surface area contributed by atoms with E-state index in [1.165, 1.54) is 38.2 Å². The van der Waals surface area contributed by atoms with Crippen molar-refractivity contribution in [1.82, 2.24) is 0 Å². The average Bonchev–Trinajstić information content (AvgIpc) is 2.36. The van der Waals surface area contributed by atoms with Crippen LogP contribution < -0.4 is 0 Å². The van der Waals surface area contributed by atoms with Crippen LogP contribution in [0, 0.1) is 13.8 Å². The fourth-order valence-corrected chi connectivity index (χ4v) is 3.30. The number of fused-ring (bicyclic) bond motifs is 2. The van der Waals surface area contributed by atoms with Gasteiger partial charge in [-0.3, -0.25) is 0 Å². The maximum Gasteiger partial charge on any atom is -0.0123 e. The van der Waals surface area contributed by atoms with E-state index < -0.39 is 0 Å². The quantitative estimate of drug-likeness (QED) is 0.442. The Hall–Kier alpha value is -1.82. The van der Waals surface area contributed by atoms with Gasteiger partial charge in [-0.2, -0.15) is 0 Å². The molecule has 0 amide bonds. The van der Waals surface area contributed by atoms with E-state index in [1.807, 2.05) is 0 Å². The van der Waals surface area contributed by atoms with E-state index in [2.05, 4.69) is 77.1 Å². The normalized spacial score (nSPS) is 12.2. The maximum absolute atomic E-state index is 2.36. The molecule has 0 aliphatic carbocycles. The highest BCUT2D eigenvalue weighted by Crippen LogP contribution is 2.36. The largest absolute Gasteiger partial charge is 0.0616 e. The van der Waals surface area contributed by atoms with Crippen LogP contribution in [0.5, 0.6) is 0 Å². The molecule has 3 rings (SSSR count). The van der Waals surface area contributed by atoms with Crippen LogP contribution in [-0.2, 0) is 5.41 Å². The highest BCUT2D eigenvalue weighted by atomic mass is 14.2. The molecule has 3 aromatic carbocycles. The molecule has 0 nitrogen and oxygen atoms in total. The highest BCUT2D eigenvalue weighted by molar-refractivity contribution is 6.00. The summed E-state index contributed by atoms with van der Waals surface area (Å²) in [5.41, 5.74) is 4.47. The lowest BCUT2D eigenvalue weighted by atomic mass is 9.79. The van der Waals surface area contributed by atoms with Crippen molar-refractivity contribution in [3.05, 3.63) is 59.2 Å². The van der Waals surface area contributed by atoms with E-state index in [9.17, 15) is 0 Å². The molecule has 0 aromatic heterocycles. The summed E-state index contributed by atoms with van der Waals surface area (Å²) in [6.45, 7) is 11.4. The lowest BCUT2D eigenvalue weighted by Gasteiger charge is -2.25. The SMILES string of the molecule is Cc1cc2cc3ccccc3cc2c(C(C)(C)C)c1C. The molecule has 0 saturated heterocycles. The van der Waals surface area contributed by atoms with Crippen molar-refractivity contribution in [3.8, 4) is 0 Å². The Bertz CT molecular complexity index is 801. The summed E-state index contributed by atoms with van der Waals surface area (Å²) in [5, 5.41) is 5.41. The van der Waals surface area contributed by atoms with Gasteiger partial charge in [0.05, 0.1) is 0 Å². The average molecular weight is 262 g/mol. The molecule has 20 heavy (non-hydrogen) atoms. The van der Waals surface area contributed by atoms with Gasteiger partial charge in [0.25, 0.3) is 0 Å². The van der Waals surface area contributed by atoms with Crippen LogP contribution in [0.3, 0.4) is 0 Å². The molecular formula is C20H22. The number of hydrogen-bond acceptors (Lipinski definition) is 0. The van der Waals surface area contributed by atoms with Crippen molar-refractivity contribution >= 4 is 21.5 Å². The molecule has 0 aliphatic rings. The Morgan fingerprint density at radius 2 is 1.35 bits per heavy atom. The molecule has 0 atom stereocenters. The number of rotatable bonds is 0. The first kappa shape index (κ1) is 13.2. The molecular weight excluding hydrogens is 240 g/mol. The van der Waals surface area contributed by atoms with Crippen LogP contribution in [0.15, 0.2) is 42.5 Å². The van der Waals surface area contributed by atoms with Crippen molar-refractivity contribution < 1.29 is 0 Å². The van der Waals surface area contributed by atoms with Gasteiger partial charge < -0.3 is 0 Å². The monoisotopic (exact) mass is 262 g/mol. The minimum atomic E-state index is 0.164. The summed E-state index contributed by atoms with van der Waals surface area (Å²) in [5.74, 6) is 0. The zero-order valence-corrected chi connectivity index (χ0v) is 13.0. The summed E-state index contributed by atoms with van der Waals surface area (Å²) in [4.78, 5) is 0. The van der Waals surface area contributed by atoms with Gasteiger partial charge in [-0.25, -0.2) is 0 Å². The van der Waals surface area contributed by atoms with E-state index in [-0.39, 0.29) is 5.41 Å². The fourth-order valence-electron chi connectivity index (χ4n) is 3.30. The van der Waals surface area contributed by atoms with Gasteiger partial charge in [0.2, 0.25) is 0 Å². The smallest absolute Gasteiger partial charge is 0.0123 e. The van der Waals surface area contributed by atoms with E-state index in [0.717, 1.165) is 0 Å². The van der Waals surface area contributed by atoms with E-state index in [4.69, 9.17) is 0 Å². The van der Waals surface area contributed by atoms with Crippen LogP contribution in [0.25, 0.3) is 21.5 Å². The summed E-state index contributed by atoms with van der Waals surface area (Å²) < 4.78 is 0. The zero-order chi connectivity index (χ0) is 14.5. The lowest BCUT2D eigenvalue weighted by Crippen LogP contribution is -2.14. The second kappa shape index (κ2) is 4.34. The topological polar surface area (TPSA) is 0 Å². The molecule has 0 heteroatoms. The van der Waals surface area contributed by atoms with E-state index in [1.54, 1.807) is 0 Å². The van der Waals surface area contributed by atoms with Crippen molar-refractivity contribution in [1.29, 1.82) is 0 Å². The summed E-state index contributed by atoms with van der Waals surface area (Å²) in [6.07, 6.45) is 0. The molecule has 0 spiro atoms. The summed E-state index contributed by atoms with van der Waals surface area (Å²) in [6, 6.07) is 15.6. The Morgan fingerprint density at radius 3 is 1.95 bits per heavy atom. The molecule has 0 bridgehead atoms. The number of benzene rings is 3. The molecule has 3 aromatic rings. The standard InChI is InChI=1S/C20H22/c1-13-10-17-11-15-8-6-7-9-16(15)12-18(17)19(14(13)2)20(3,4)5/h6-12H,1-5H3. The second-order valence-electron chi connectivity index (χ2n) is 6.86. The predicted molar refractivity (Wildman–Crippen MR) is 89.6 cm³/mol. The molecule has 102 valence electrons. The Kier molecular flexibility index (Phi) is 2.86. The molecule has 0 aliphatic heterocycles. The molecule has 0 radical (unpaired) electrons. The maximum atomic E-state index is 2.36. The Balaban J connectivity index is 2.52. The summed E-state index contributed by atoms with van der Waals surface area (Å²) in [7, 11) is 0. The second-order valence-corrected chi connectivity index (χ2v) is 6.86. The van der Waals surface area contributed by atoms with Crippen LogP contribution in [0.4, 0.5) is 0 Å². The molecule has 0 N–H and O–H groups in total. The van der Waals surface area contributed by atoms with Gasteiger partial charge in [0.15, 0.2) is 0 Å². The van der Waals surface area contributed by atoms with Gasteiger partial charge in [-0.15, -0.1) is 0 Å². The Morgan fingerprint density at radius 1 is 0.750 bits per heavy atom. The van der Waals surface area contributed by atoms with Gasteiger partial charge >= 0.3 is 0 Å². The lowest BCUT2D eigenvalue weighted by molar-refractivity contribution is 0.591. The first-order chi connectivity index (χ1) is 9.38. The fraction of sp³-hybridized carbons (Fsp3) is 0.300. The van der Waals surface area contributed by atoms with Gasteiger partial charge in [0, 0.05) is 0 Å². The first-order valence-electron chi connectivity index (χ1n) is 7.31. The number of aryl methyl sites for hydroxylation is 1. The van der Waals surface area contributed by atoms with Crippen LogP contribution >= 0.6 is 0 Å². The minimum Gasteiger partial charge on any atom is -0.0616 e. The highest BCUT2D eigenvalue weighted by Gasteiger charge is 2.20. The number of hydrogen-bond donors (Lipinski definition) is 0. The van der Waals surface area contributed by atoms with Crippen LogP contribution in [-0.4, -0.2) is 0 Å². The third kappa shape index (κ3) is 2.00. The predicted octanol–water partition coefficient (Wildman–Crippen LogP) is 5.91. The van der Waals surface area contributed by atoms with E-state index in [0.29, 0.717) is 0 Å². The third-order valence-electron chi connectivity index (χ3n) is 4.28. The summed E-state index contributed by atoms with van der Waals surface area (Å²) >= 11 is 0. The molecule has 0 heterocycles. The molecule has 0 saturated carbocycles. The third-order valence-corrected chi connectivity index (χ3v) is 4.28. The van der Waals surface area contributed by atoms with Gasteiger partial charge in [-0.1, -0.05) is 51.1 Å². The van der Waals surface area contributed by atoms with Crippen molar-refractivity contribution in [2.45, 2.75) is 40.0 Å². The molecule has 0 fully saturated rings. The van der Waals surface area contributed by atoms with Crippen molar-refractivity contribution in [2.24, 2.45) is 0 Å². The van der Waals surface area contributed by atoms with Crippen LogP contribution in [0.1, 0.15) is 37.5 Å². The molecule has 0 unspecified atom stereocenters. The van der Waals surface area contributed by atoms with E-state index >= 15 is 0 Å². The van der Waals surface area contributed by atoms with Crippen LogP contribution in [0.2, 0.25) is 0 Å². The first-order valence-corrected chi connectivity index (χ1v) is 7.31. The van der Waals surface area contributed by atoms with Crippen molar-refractivity contribution in [2.75, 3.05) is 0 Å².